The van der Waals surface area contributed by atoms with Gasteiger partial charge in [-0.2, -0.15) is 0 Å². The average Bonchev–Trinajstić information content (AvgIpc) is 3.26. The molecule has 1 fully saturated rings. The van der Waals surface area contributed by atoms with Crippen LogP contribution in [0.1, 0.15) is 51.7 Å². The van der Waals surface area contributed by atoms with Crippen LogP contribution in [0.2, 0.25) is 0 Å². The Morgan fingerprint density at radius 3 is 2.72 bits per heavy atom. The number of nitrogens with zero attached hydrogens (tertiary/aromatic N) is 5. The number of rotatable bonds is 11. The second-order valence-electron chi connectivity index (χ2n) is 7.91. The van der Waals surface area contributed by atoms with Crippen LogP contribution in [0.25, 0.3) is 0 Å². The van der Waals surface area contributed by atoms with E-state index >= 15 is 0 Å². The van der Waals surface area contributed by atoms with Crippen molar-refractivity contribution in [1.29, 1.82) is 0 Å². The molecular weight excluding hydrogens is 481 g/mol. The summed E-state index contributed by atoms with van der Waals surface area (Å²) >= 11 is 0. The van der Waals surface area contributed by atoms with Crippen molar-refractivity contribution in [2.75, 3.05) is 39.4 Å². The standard InChI is InChI=1S/C20H39N7O.HI/c1-6-27-11-7-8-18(27)14-22-20(21-10-13-28-12-9-16(2)3)23-15-19-25-24-17(4)26(19)5;/h16,18H,6-15H2,1-5H3,(H2,21,22,23);1H. The zero-order valence-corrected chi connectivity index (χ0v) is 21.1. The second kappa shape index (κ2) is 14.1. The lowest BCUT2D eigenvalue weighted by atomic mass is 10.1. The van der Waals surface area contributed by atoms with Crippen LogP contribution in [0.4, 0.5) is 0 Å². The van der Waals surface area contributed by atoms with Crippen LogP contribution in [0.5, 0.6) is 0 Å². The van der Waals surface area contributed by atoms with Crippen molar-refractivity contribution in [1.82, 2.24) is 30.3 Å². The molecule has 1 atom stereocenters. The van der Waals surface area contributed by atoms with E-state index < -0.39 is 0 Å². The molecule has 0 saturated carbocycles. The summed E-state index contributed by atoms with van der Waals surface area (Å²) in [6.45, 7) is 14.6. The number of aryl methyl sites for hydroxylation is 1. The summed E-state index contributed by atoms with van der Waals surface area (Å²) in [6, 6.07) is 0.580. The number of halogens is 1. The van der Waals surface area contributed by atoms with E-state index in [-0.39, 0.29) is 24.0 Å². The lowest BCUT2D eigenvalue weighted by Gasteiger charge is -2.24. The van der Waals surface area contributed by atoms with Gasteiger partial charge in [-0.1, -0.05) is 20.8 Å². The third-order valence-electron chi connectivity index (χ3n) is 5.35. The molecule has 0 spiro atoms. The second-order valence-corrected chi connectivity index (χ2v) is 7.91. The molecule has 0 amide bonds. The highest BCUT2D eigenvalue weighted by Gasteiger charge is 2.22. The zero-order chi connectivity index (χ0) is 20.4. The summed E-state index contributed by atoms with van der Waals surface area (Å²) in [6.07, 6.45) is 3.62. The molecule has 2 rings (SSSR count). The Hall–Kier alpha value is -0.940. The van der Waals surface area contributed by atoms with Crippen molar-refractivity contribution >= 4 is 29.9 Å². The molecule has 1 saturated heterocycles. The number of guanidine groups is 1. The lowest BCUT2D eigenvalue weighted by molar-refractivity contribution is 0.128. The van der Waals surface area contributed by atoms with E-state index in [0.717, 1.165) is 50.3 Å². The van der Waals surface area contributed by atoms with Gasteiger partial charge in [0.05, 0.1) is 6.61 Å². The van der Waals surface area contributed by atoms with Gasteiger partial charge in [-0.3, -0.25) is 4.90 Å². The molecular formula is C20H40IN7O. The van der Waals surface area contributed by atoms with E-state index in [2.05, 4.69) is 46.5 Å². The largest absolute Gasteiger partial charge is 0.380 e. The van der Waals surface area contributed by atoms with Crippen LogP contribution in [0, 0.1) is 12.8 Å². The van der Waals surface area contributed by atoms with Gasteiger partial charge >= 0.3 is 0 Å². The zero-order valence-electron chi connectivity index (χ0n) is 18.8. The molecule has 0 bridgehead atoms. The molecule has 0 aromatic carbocycles. The van der Waals surface area contributed by atoms with Crippen molar-refractivity contribution in [2.24, 2.45) is 18.0 Å². The summed E-state index contributed by atoms with van der Waals surface area (Å²) < 4.78 is 7.69. The van der Waals surface area contributed by atoms with Crippen LogP contribution in [0.3, 0.4) is 0 Å². The monoisotopic (exact) mass is 521 g/mol. The first-order valence-electron chi connectivity index (χ1n) is 10.7. The van der Waals surface area contributed by atoms with Gasteiger partial charge in [-0.15, -0.1) is 34.2 Å². The molecule has 1 aliphatic heterocycles. The van der Waals surface area contributed by atoms with Crippen LogP contribution >= 0.6 is 24.0 Å². The molecule has 9 heteroatoms. The minimum atomic E-state index is 0. The van der Waals surface area contributed by atoms with E-state index in [1.807, 2.05) is 18.5 Å². The third-order valence-corrected chi connectivity index (χ3v) is 5.35. The number of aliphatic imine (C=N–C) groups is 1. The molecule has 8 nitrogen and oxygen atoms in total. The van der Waals surface area contributed by atoms with E-state index in [9.17, 15) is 0 Å². The van der Waals surface area contributed by atoms with Gasteiger partial charge in [0, 0.05) is 32.8 Å². The molecule has 2 heterocycles. The smallest absolute Gasteiger partial charge is 0.191 e. The summed E-state index contributed by atoms with van der Waals surface area (Å²) in [4.78, 5) is 7.26. The quantitative estimate of drug-likeness (QED) is 0.202. The van der Waals surface area contributed by atoms with Crippen molar-refractivity contribution in [3.05, 3.63) is 11.6 Å². The van der Waals surface area contributed by atoms with Gasteiger partial charge in [0.25, 0.3) is 0 Å². The number of ether oxygens (including phenoxy) is 1. The fourth-order valence-electron chi connectivity index (χ4n) is 3.33. The number of hydrogen-bond donors (Lipinski definition) is 2. The number of nitrogens with one attached hydrogen (secondary N) is 2. The highest BCUT2D eigenvalue weighted by molar-refractivity contribution is 14.0. The van der Waals surface area contributed by atoms with Crippen molar-refractivity contribution in [3.63, 3.8) is 0 Å². The molecule has 1 unspecified atom stereocenters. The first kappa shape index (κ1) is 26.1. The summed E-state index contributed by atoms with van der Waals surface area (Å²) in [5.41, 5.74) is 0. The van der Waals surface area contributed by atoms with Gasteiger partial charge in [0.1, 0.15) is 12.4 Å². The Morgan fingerprint density at radius 2 is 2.07 bits per heavy atom. The van der Waals surface area contributed by atoms with Gasteiger partial charge in [0.15, 0.2) is 11.8 Å². The maximum absolute atomic E-state index is 5.71. The number of hydrogen-bond acceptors (Lipinski definition) is 5. The first-order chi connectivity index (χ1) is 13.5. The van der Waals surface area contributed by atoms with Gasteiger partial charge < -0.3 is 19.9 Å². The molecule has 0 aliphatic carbocycles. The molecule has 2 N–H and O–H groups in total. The predicted octanol–water partition coefficient (Wildman–Crippen LogP) is 2.32. The molecule has 1 aromatic rings. The van der Waals surface area contributed by atoms with E-state index in [0.29, 0.717) is 25.1 Å². The Balaban J connectivity index is 0.00000420. The Kier molecular flexibility index (Phi) is 12.7. The summed E-state index contributed by atoms with van der Waals surface area (Å²) in [5, 5.41) is 15.2. The van der Waals surface area contributed by atoms with Crippen molar-refractivity contribution in [2.45, 2.75) is 59.5 Å². The average molecular weight is 521 g/mol. The van der Waals surface area contributed by atoms with E-state index in [1.54, 1.807) is 0 Å². The Bertz CT molecular complexity index is 606. The number of likely N-dealkylation sites (tertiary alicyclic amines) is 1. The van der Waals surface area contributed by atoms with Crippen molar-refractivity contribution < 1.29 is 4.74 Å². The Morgan fingerprint density at radius 1 is 1.28 bits per heavy atom. The molecule has 168 valence electrons. The van der Waals surface area contributed by atoms with Gasteiger partial charge in [-0.25, -0.2) is 4.99 Å². The molecule has 29 heavy (non-hydrogen) atoms. The maximum Gasteiger partial charge on any atom is 0.191 e. The number of aromatic nitrogens is 3. The van der Waals surface area contributed by atoms with Crippen LogP contribution < -0.4 is 10.6 Å². The highest BCUT2D eigenvalue weighted by Crippen LogP contribution is 2.15. The molecule has 1 aromatic heterocycles. The minimum absolute atomic E-state index is 0. The highest BCUT2D eigenvalue weighted by atomic mass is 127. The topological polar surface area (TPSA) is 79.6 Å². The normalized spacial score (nSPS) is 17.6. The van der Waals surface area contributed by atoms with E-state index in [4.69, 9.17) is 9.73 Å². The molecule has 1 aliphatic rings. The van der Waals surface area contributed by atoms with Gasteiger partial charge in [0.2, 0.25) is 0 Å². The van der Waals surface area contributed by atoms with E-state index in [1.165, 1.54) is 19.4 Å². The predicted molar refractivity (Wildman–Crippen MR) is 129 cm³/mol. The maximum atomic E-state index is 5.71. The van der Waals surface area contributed by atoms with Crippen LogP contribution in [-0.2, 0) is 18.3 Å². The fraction of sp³-hybridized carbons (Fsp3) is 0.850. The summed E-state index contributed by atoms with van der Waals surface area (Å²) in [7, 11) is 1.97. The SMILES string of the molecule is CCN1CCCC1CNC(=NCc1nnc(C)n1C)NCCOCCC(C)C.I. The minimum Gasteiger partial charge on any atom is -0.380 e. The first-order valence-corrected chi connectivity index (χ1v) is 10.7. The van der Waals surface area contributed by atoms with Gasteiger partial charge in [-0.05, 0) is 45.2 Å². The molecule has 0 radical (unpaired) electrons. The van der Waals surface area contributed by atoms with Crippen molar-refractivity contribution in [3.8, 4) is 0 Å². The Labute approximate surface area is 193 Å². The van der Waals surface area contributed by atoms with Crippen LogP contribution in [-0.4, -0.2) is 71.1 Å². The fourth-order valence-corrected chi connectivity index (χ4v) is 3.33. The third kappa shape index (κ3) is 9.17. The summed E-state index contributed by atoms with van der Waals surface area (Å²) in [5.74, 6) is 3.25. The lowest BCUT2D eigenvalue weighted by Crippen LogP contribution is -2.45. The van der Waals surface area contributed by atoms with Crippen LogP contribution in [0.15, 0.2) is 4.99 Å². The number of likely N-dealkylation sites (N-methyl/N-ethyl adjacent to an activating group) is 1.